The number of nitrogens with zero attached hydrogens (tertiary/aromatic N) is 2. The summed E-state index contributed by atoms with van der Waals surface area (Å²) in [5, 5.41) is 12.8. The molecular formula is C18H24N2O3. The second-order valence-electron chi connectivity index (χ2n) is 6.44. The van der Waals surface area contributed by atoms with E-state index in [-0.39, 0.29) is 18.7 Å². The number of hydrogen-bond acceptors (Lipinski definition) is 3. The summed E-state index contributed by atoms with van der Waals surface area (Å²) in [6.07, 6.45) is 4.52. The van der Waals surface area contributed by atoms with Gasteiger partial charge in [-0.05, 0) is 43.7 Å². The Morgan fingerprint density at radius 1 is 1.26 bits per heavy atom. The molecule has 1 heterocycles. The lowest BCUT2D eigenvalue weighted by Gasteiger charge is -2.46. The SMILES string of the molecule is CCN(C(=O)CCC(=O)O)N1c2ccccc2CC2CCCC21. The molecule has 1 aliphatic carbocycles. The number of hydrazine groups is 1. The highest BCUT2D eigenvalue weighted by atomic mass is 16.4. The van der Waals surface area contributed by atoms with E-state index in [2.05, 4.69) is 23.2 Å². The van der Waals surface area contributed by atoms with Gasteiger partial charge in [-0.15, -0.1) is 0 Å². The van der Waals surface area contributed by atoms with Crippen molar-refractivity contribution in [3.05, 3.63) is 29.8 Å². The third-order valence-electron chi connectivity index (χ3n) is 5.05. The van der Waals surface area contributed by atoms with Crippen LogP contribution in [-0.4, -0.2) is 34.6 Å². The predicted molar refractivity (Wildman–Crippen MR) is 88.0 cm³/mol. The smallest absolute Gasteiger partial charge is 0.303 e. The number of benzene rings is 1. The Labute approximate surface area is 136 Å². The summed E-state index contributed by atoms with van der Waals surface area (Å²) < 4.78 is 0. The second kappa shape index (κ2) is 6.60. The second-order valence-corrected chi connectivity index (χ2v) is 6.44. The summed E-state index contributed by atoms with van der Waals surface area (Å²) in [6, 6.07) is 8.65. The van der Waals surface area contributed by atoms with Crippen LogP contribution in [0.3, 0.4) is 0 Å². The Morgan fingerprint density at radius 2 is 2.04 bits per heavy atom. The van der Waals surface area contributed by atoms with Crippen molar-refractivity contribution in [3.8, 4) is 0 Å². The summed E-state index contributed by atoms with van der Waals surface area (Å²) in [4.78, 5) is 23.4. The summed E-state index contributed by atoms with van der Waals surface area (Å²) in [7, 11) is 0. The molecule has 0 aromatic heterocycles. The molecule has 3 rings (SSSR count). The Morgan fingerprint density at radius 3 is 2.78 bits per heavy atom. The molecule has 1 aromatic carbocycles. The van der Waals surface area contributed by atoms with Gasteiger partial charge in [0.25, 0.3) is 0 Å². The molecule has 5 nitrogen and oxygen atoms in total. The Balaban J connectivity index is 1.90. The van der Waals surface area contributed by atoms with Crippen LogP contribution in [0.25, 0.3) is 0 Å². The molecule has 1 fully saturated rings. The zero-order valence-electron chi connectivity index (χ0n) is 13.6. The lowest BCUT2D eigenvalue weighted by Crippen LogP contribution is -2.55. The molecule has 5 heteroatoms. The van der Waals surface area contributed by atoms with Crippen molar-refractivity contribution in [3.63, 3.8) is 0 Å². The Kier molecular flexibility index (Phi) is 4.55. The van der Waals surface area contributed by atoms with Crippen LogP contribution < -0.4 is 5.01 Å². The van der Waals surface area contributed by atoms with Crippen molar-refractivity contribution in [2.75, 3.05) is 11.6 Å². The first-order chi connectivity index (χ1) is 11.1. The van der Waals surface area contributed by atoms with Crippen molar-refractivity contribution in [2.45, 2.75) is 51.5 Å². The van der Waals surface area contributed by atoms with Gasteiger partial charge >= 0.3 is 5.97 Å². The van der Waals surface area contributed by atoms with Crippen molar-refractivity contribution < 1.29 is 14.7 Å². The molecule has 0 radical (unpaired) electrons. The van der Waals surface area contributed by atoms with Crippen LogP contribution in [0, 0.1) is 5.92 Å². The van der Waals surface area contributed by atoms with Crippen LogP contribution >= 0.6 is 0 Å². The van der Waals surface area contributed by atoms with E-state index in [0.29, 0.717) is 18.5 Å². The number of para-hydroxylation sites is 1. The number of carbonyl (C=O) groups is 2. The number of anilines is 1. The van der Waals surface area contributed by atoms with E-state index >= 15 is 0 Å². The normalized spacial score (nSPS) is 22.4. The van der Waals surface area contributed by atoms with Crippen molar-refractivity contribution >= 4 is 17.6 Å². The fourth-order valence-electron chi connectivity index (χ4n) is 4.05. The fraction of sp³-hybridized carbons (Fsp3) is 0.556. The lowest BCUT2D eigenvalue weighted by molar-refractivity contribution is -0.141. The molecule has 1 aromatic rings. The number of carbonyl (C=O) groups excluding carboxylic acids is 1. The van der Waals surface area contributed by atoms with E-state index in [1.165, 1.54) is 18.4 Å². The highest BCUT2D eigenvalue weighted by Crippen LogP contribution is 2.42. The first-order valence-electron chi connectivity index (χ1n) is 8.51. The van der Waals surface area contributed by atoms with Gasteiger partial charge in [0.15, 0.2) is 0 Å². The first kappa shape index (κ1) is 15.8. The highest BCUT2D eigenvalue weighted by molar-refractivity contribution is 5.82. The van der Waals surface area contributed by atoms with Crippen LogP contribution in [0.15, 0.2) is 24.3 Å². The number of carboxylic acid groups (broad SMARTS) is 1. The van der Waals surface area contributed by atoms with Gasteiger partial charge in [0.1, 0.15) is 0 Å². The molecular weight excluding hydrogens is 292 g/mol. The molecule has 2 aliphatic rings. The summed E-state index contributed by atoms with van der Waals surface area (Å²) in [5.41, 5.74) is 2.40. The van der Waals surface area contributed by atoms with E-state index in [4.69, 9.17) is 5.11 Å². The van der Waals surface area contributed by atoms with E-state index in [1.54, 1.807) is 5.01 Å². The number of fused-ring (bicyclic) bond motifs is 2. The molecule has 124 valence electrons. The molecule has 1 aliphatic heterocycles. The van der Waals surface area contributed by atoms with Crippen LogP contribution in [-0.2, 0) is 16.0 Å². The third-order valence-corrected chi connectivity index (χ3v) is 5.05. The molecule has 0 bridgehead atoms. The van der Waals surface area contributed by atoms with Gasteiger partial charge in [-0.3, -0.25) is 19.6 Å². The number of amides is 1. The Hall–Kier alpha value is -2.04. The van der Waals surface area contributed by atoms with Gasteiger partial charge in [-0.25, -0.2) is 0 Å². The topological polar surface area (TPSA) is 60.9 Å². The summed E-state index contributed by atoms with van der Waals surface area (Å²) >= 11 is 0. The predicted octanol–water partition coefficient (Wildman–Crippen LogP) is 2.85. The largest absolute Gasteiger partial charge is 0.481 e. The molecule has 23 heavy (non-hydrogen) atoms. The fourth-order valence-corrected chi connectivity index (χ4v) is 4.05. The van der Waals surface area contributed by atoms with Crippen LogP contribution in [0.4, 0.5) is 5.69 Å². The minimum absolute atomic E-state index is 0.0548. The van der Waals surface area contributed by atoms with Crippen LogP contribution in [0.5, 0.6) is 0 Å². The molecule has 0 saturated heterocycles. The average Bonchev–Trinajstić information content (AvgIpc) is 3.00. The van der Waals surface area contributed by atoms with Crippen LogP contribution in [0.2, 0.25) is 0 Å². The van der Waals surface area contributed by atoms with Gasteiger partial charge < -0.3 is 5.11 Å². The monoisotopic (exact) mass is 316 g/mol. The third kappa shape index (κ3) is 3.05. The first-order valence-corrected chi connectivity index (χ1v) is 8.51. The van der Waals surface area contributed by atoms with Crippen molar-refractivity contribution in [1.29, 1.82) is 0 Å². The van der Waals surface area contributed by atoms with Crippen molar-refractivity contribution in [2.24, 2.45) is 5.92 Å². The maximum absolute atomic E-state index is 12.6. The summed E-state index contributed by atoms with van der Waals surface area (Å²) in [6.45, 7) is 2.52. The minimum atomic E-state index is -0.924. The maximum atomic E-state index is 12.6. The van der Waals surface area contributed by atoms with Gasteiger partial charge in [0.05, 0.1) is 18.2 Å². The Bertz CT molecular complexity index is 602. The zero-order chi connectivity index (χ0) is 16.4. The molecule has 1 saturated carbocycles. The number of aliphatic carboxylic acids is 1. The van der Waals surface area contributed by atoms with E-state index < -0.39 is 5.97 Å². The van der Waals surface area contributed by atoms with Crippen molar-refractivity contribution in [1.82, 2.24) is 5.01 Å². The van der Waals surface area contributed by atoms with Crippen LogP contribution in [0.1, 0.15) is 44.6 Å². The number of hydrogen-bond donors (Lipinski definition) is 1. The minimum Gasteiger partial charge on any atom is -0.481 e. The number of carboxylic acids is 1. The van der Waals surface area contributed by atoms with Gasteiger partial charge in [0.2, 0.25) is 5.91 Å². The van der Waals surface area contributed by atoms with Gasteiger partial charge in [-0.1, -0.05) is 24.6 Å². The van der Waals surface area contributed by atoms with E-state index in [0.717, 1.165) is 18.5 Å². The molecule has 1 amide bonds. The van der Waals surface area contributed by atoms with E-state index in [1.807, 2.05) is 13.0 Å². The molecule has 1 N–H and O–H groups in total. The standard InChI is InChI=1S/C18H24N2O3/c1-2-19(17(21)10-11-18(22)23)20-15-8-4-3-6-13(15)12-14-7-5-9-16(14)20/h3-4,6,8,14,16H,2,5,7,9-12H2,1H3,(H,22,23). The zero-order valence-corrected chi connectivity index (χ0v) is 13.6. The van der Waals surface area contributed by atoms with Gasteiger partial charge in [0, 0.05) is 13.0 Å². The maximum Gasteiger partial charge on any atom is 0.303 e. The van der Waals surface area contributed by atoms with Gasteiger partial charge in [-0.2, -0.15) is 0 Å². The quantitative estimate of drug-likeness (QED) is 0.907. The molecule has 2 atom stereocenters. The lowest BCUT2D eigenvalue weighted by atomic mass is 9.88. The molecule has 2 unspecified atom stereocenters. The van der Waals surface area contributed by atoms with E-state index in [9.17, 15) is 9.59 Å². The number of rotatable bonds is 5. The molecule has 0 spiro atoms. The summed E-state index contributed by atoms with van der Waals surface area (Å²) in [5.74, 6) is -0.435. The average molecular weight is 316 g/mol. The highest BCUT2D eigenvalue weighted by Gasteiger charge is 2.40.